The minimum absolute atomic E-state index is 0.0279. The lowest BCUT2D eigenvalue weighted by molar-refractivity contribution is 0.0755. The molecule has 132 valence electrons. The molecule has 0 aliphatic heterocycles. The van der Waals surface area contributed by atoms with Crippen molar-refractivity contribution in [1.29, 1.82) is 0 Å². The summed E-state index contributed by atoms with van der Waals surface area (Å²) in [6.45, 7) is 5.70. The predicted molar refractivity (Wildman–Crippen MR) is 97.3 cm³/mol. The number of rotatable bonds is 7. The van der Waals surface area contributed by atoms with Crippen molar-refractivity contribution in [3.8, 4) is 0 Å². The fraction of sp³-hybridized carbons (Fsp3) is 0.600. The van der Waals surface area contributed by atoms with E-state index in [0.29, 0.717) is 17.2 Å². The molecular weight excluding hydrogens is 300 g/mol. The molecular formula is C20H30N2O2. The molecule has 1 fully saturated rings. The van der Waals surface area contributed by atoms with Crippen molar-refractivity contribution in [1.82, 2.24) is 10.2 Å². The summed E-state index contributed by atoms with van der Waals surface area (Å²) in [5.74, 6) is 0.0258. The smallest absolute Gasteiger partial charge is 0.253 e. The molecule has 1 aromatic rings. The Kier molecular flexibility index (Phi) is 7.29. The molecule has 0 unspecified atom stereocenters. The minimum atomic E-state index is -0.0279. The quantitative estimate of drug-likeness (QED) is 0.821. The standard InChI is InChI=1S/C20H30N2O2/c1-3-14-22(15-4-2)20(24)17-12-10-16(11-13-17)19(23)21-18-8-6-5-7-9-18/h10-13,18H,3-9,14-15H2,1-2H3,(H,21,23). The molecule has 4 heteroatoms. The molecule has 0 spiro atoms. The van der Waals surface area contributed by atoms with E-state index in [2.05, 4.69) is 19.2 Å². The van der Waals surface area contributed by atoms with Gasteiger partial charge in [0.2, 0.25) is 0 Å². The van der Waals surface area contributed by atoms with E-state index in [9.17, 15) is 9.59 Å². The molecule has 2 amide bonds. The minimum Gasteiger partial charge on any atom is -0.349 e. The van der Waals surface area contributed by atoms with Crippen LogP contribution in [0.4, 0.5) is 0 Å². The van der Waals surface area contributed by atoms with E-state index in [1.54, 1.807) is 24.3 Å². The van der Waals surface area contributed by atoms with Crippen molar-refractivity contribution >= 4 is 11.8 Å². The third kappa shape index (κ3) is 5.08. The highest BCUT2D eigenvalue weighted by molar-refractivity contribution is 5.97. The Morgan fingerprint density at radius 2 is 1.50 bits per heavy atom. The van der Waals surface area contributed by atoms with Gasteiger partial charge in [-0.15, -0.1) is 0 Å². The van der Waals surface area contributed by atoms with Crippen LogP contribution in [0.5, 0.6) is 0 Å². The molecule has 4 nitrogen and oxygen atoms in total. The highest BCUT2D eigenvalue weighted by Crippen LogP contribution is 2.18. The average molecular weight is 330 g/mol. The molecule has 1 saturated carbocycles. The lowest BCUT2D eigenvalue weighted by Gasteiger charge is -2.23. The van der Waals surface area contributed by atoms with Crippen LogP contribution in [0, 0.1) is 0 Å². The number of nitrogens with one attached hydrogen (secondary N) is 1. The van der Waals surface area contributed by atoms with Gasteiger partial charge in [0.1, 0.15) is 0 Å². The third-order valence-corrected chi connectivity index (χ3v) is 4.61. The van der Waals surface area contributed by atoms with Crippen LogP contribution in [0.15, 0.2) is 24.3 Å². The Balaban J connectivity index is 1.98. The predicted octanol–water partition coefficient (Wildman–Crippen LogP) is 4.01. The fourth-order valence-corrected chi connectivity index (χ4v) is 3.32. The highest BCUT2D eigenvalue weighted by Gasteiger charge is 2.18. The first kappa shape index (κ1) is 18.5. The van der Waals surface area contributed by atoms with Gasteiger partial charge in [0.05, 0.1) is 0 Å². The topological polar surface area (TPSA) is 49.4 Å². The van der Waals surface area contributed by atoms with Crippen molar-refractivity contribution in [2.45, 2.75) is 64.8 Å². The van der Waals surface area contributed by atoms with Crippen molar-refractivity contribution in [3.05, 3.63) is 35.4 Å². The molecule has 0 bridgehead atoms. The van der Waals surface area contributed by atoms with E-state index >= 15 is 0 Å². The number of benzene rings is 1. The number of hydrogen-bond donors (Lipinski definition) is 1. The van der Waals surface area contributed by atoms with E-state index in [1.165, 1.54) is 19.3 Å². The zero-order chi connectivity index (χ0) is 17.4. The Labute approximate surface area is 145 Å². The molecule has 0 radical (unpaired) electrons. The lowest BCUT2D eigenvalue weighted by atomic mass is 9.95. The van der Waals surface area contributed by atoms with E-state index in [0.717, 1.165) is 38.8 Å². The molecule has 1 N–H and O–H groups in total. The second kappa shape index (κ2) is 9.45. The van der Waals surface area contributed by atoms with Crippen molar-refractivity contribution in [2.24, 2.45) is 0 Å². The summed E-state index contributed by atoms with van der Waals surface area (Å²) >= 11 is 0. The third-order valence-electron chi connectivity index (χ3n) is 4.61. The van der Waals surface area contributed by atoms with Crippen molar-refractivity contribution in [3.63, 3.8) is 0 Å². The number of carbonyl (C=O) groups excluding carboxylic acids is 2. The molecule has 1 aromatic carbocycles. The van der Waals surface area contributed by atoms with Gasteiger partial charge >= 0.3 is 0 Å². The summed E-state index contributed by atoms with van der Waals surface area (Å²) in [5, 5.41) is 3.11. The maximum Gasteiger partial charge on any atom is 0.253 e. The van der Waals surface area contributed by atoms with Gasteiger partial charge in [-0.1, -0.05) is 33.1 Å². The molecule has 24 heavy (non-hydrogen) atoms. The Morgan fingerprint density at radius 3 is 2.04 bits per heavy atom. The van der Waals surface area contributed by atoms with Crippen molar-refractivity contribution in [2.75, 3.05) is 13.1 Å². The molecule has 0 atom stereocenters. The first-order chi connectivity index (χ1) is 11.7. The van der Waals surface area contributed by atoms with Gasteiger partial charge in [-0.2, -0.15) is 0 Å². The average Bonchev–Trinajstić information content (AvgIpc) is 2.62. The second-order valence-electron chi connectivity index (χ2n) is 6.68. The highest BCUT2D eigenvalue weighted by atomic mass is 16.2. The summed E-state index contributed by atoms with van der Waals surface area (Å²) in [5.41, 5.74) is 1.29. The van der Waals surface area contributed by atoms with Gasteiger partial charge < -0.3 is 10.2 Å². The van der Waals surface area contributed by atoms with Gasteiger partial charge in [0, 0.05) is 30.3 Å². The van der Waals surface area contributed by atoms with Crippen LogP contribution < -0.4 is 5.32 Å². The summed E-state index contributed by atoms with van der Waals surface area (Å²) in [7, 11) is 0. The van der Waals surface area contributed by atoms with Gasteiger partial charge in [-0.25, -0.2) is 0 Å². The molecule has 2 rings (SSSR count). The number of amides is 2. The van der Waals surface area contributed by atoms with Gasteiger partial charge in [0.25, 0.3) is 11.8 Å². The first-order valence-electron chi connectivity index (χ1n) is 9.36. The number of hydrogen-bond acceptors (Lipinski definition) is 2. The van der Waals surface area contributed by atoms with Crippen molar-refractivity contribution < 1.29 is 9.59 Å². The van der Waals surface area contributed by atoms with Crippen LogP contribution in [-0.2, 0) is 0 Å². The largest absolute Gasteiger partial charge is 0.349 e. The number of nitrogens with zero attached hydrogens (tertiary/aromatic N) is 1. The van der Waals surface area contributed by atoms with E-state index in [-0.39, 0.29) is 11.8 Å². The van der Waals surface area contributed by atoms with Crippen LogP contribution in [0.3, 0.4) is 0 Å². The monoisotopic (exact) mass is 330 g/mol. The van der Waals surface area contributed by atoms with Gasteiger partial charge in [-0.3, -0.25) is 9.59 Å². The maximum atomic E-state index is 12.5. The van der Waals surface area contributed by atoms with E-state index < -0.39 is 0 Å². The van der Waals surface area contributed by atoms with Crippen LogP contribution in [-0.4, -0.2) is 35.8 Å². The second-order valence-corrected chi connectivity index (χ2v) is 6.68. The SMILES string of the molecule is CCCN(CCC)C(=O)c1ccc(C(=O)NC2CCCCC2)cc1. The van der Waals surface area contributed by atoms with Gasteiger partial charge in [-0.05, 0) is 49.9 Å². The van der Waals surface area contributed by atoms with Gasteiger partial charge in [0.15, 0.2) is 0 Å². The van der Waals surface area contributed by atoms with Crippen LogP contribution in [0.2, 0.25) is 0 Å². The fourth-order valence-electron chi connectivity index (χ4n) is 3.32. The van der Waals surface area contributed by atoms with Crippen LogP contribution in [0.25, 0.3) is 0 Å². The Hall–Kier alpha value is -1.84. The lowest BCUT2D eigenvalue weighted by Crippen LogP contribution is -2.36. The Morgan fingerprint density at radius 1 is 0.958 bits per heavy atom. The Bertz CT molecular complexity index is 527. The summed E-state index contributed by atoms with van der Waals surface area (Å²) in [6, 6.07) is 7.38. The summed E-state index contributed by atoms with van der Waals surface area (Å²) < 4.78 is 0. The van der Waals surface area contributed by atoms with Crippen LogP contribution in [0.1, 0.15) is 79.5 Å². The van der Waals surface area contributed by atoms with E-state index in [4.69, 9.17) is 0 Å². The molecule has 0 saturated heterocycles. The summed E-state index contributed by atoms with van der Waals surface area (Å²) in [4.78, 5) is 26.8. The molecule has 0 heterocycles. The van der Waals surface area contributed by atoms with Crippen LogP contribution >= 0.6 is 0 Å². The summed E-state index contributed by atoms with van der Waals surface area (Å²) in [6.07, 6.45) is 7.72. The zero-order valence-electron chi connectivity index (χ0n) is 15.0. The first-order valence-corrected chi connectivity index (χ1v) is 9.36. The zero-order valence-corrected chi connectivity index (χ0v) is 15.0. The molecule has 1 aliphatic rings. The maximum absolute atomic E-state index is 12.5. The van der Waals surface area contributed by atoms with E-state index in [1.807, 2.05) is 4.90 Å². The number of carbonyl (C=O) groups is 2. The molecule has 1 aliphatic carbocycles. The normalized spacial score (nSPS) is 15.1. The molecule has 0 aromatic heterocycles.